The summed E-state index contributed by atoms with van der Waals surface area (Å²) >= 11 is 6.14. The summed E-state index contributed by atoms with van der Waals surface area (Å²) in [5, 5.41) is 6.89. The van der Waals surface area contributed by atoms with Crippen molar-refractivity contribution in [2.24, 2.45) is 5.92 Å². The largest absolute Gasteiger partial charge is 0.354 e. The Balaban J connectivity index is 0.00000264. The van der Waals surface area contributed by atoms with Gasteiger partial charge in [-0.25, -0.2) is 0 Å². The highest BCUT2D eigenvalue weighted by molar-refractivity contribution is 6.30. The van der Waals surface area contributed by atoms with Crippen molar-refractivity contribution in [3.8, 4) is 0 Å². The zero-order valence-electron chi connectivity index (χ0n) is 14.3. The van der Waals surface area contributed by atoms with Crippen molar-refractivity contribution in [1.82, 2.24) is 15.5 Å². The van der Waals surface area contributed by atoms with Crippen molar-refractivity contribution in [3.05, 3.63) is 34.9 Å². The quantitative estimate of drug-likeness (QED) is 0.743. The highest BCUT2D eigenvalue weighted by Crippen LogP contribution is 2.26. The molecule has 24 heavy (non-hydrogen) atoms. The normalized spacial score (nSPS) is 16.6. The highest BCUT2D eigenvalue weighted by Gasteiger charge is 2.24. The first-order valence-corrected chi connectivity index (χ1v) is 8.41. The minimum absolute atomic E-state index is 0. The molecule has 2 atom stereocenters. The van der Waals surface area contributed by atoms with E-state index in [1.807, 2.05) is 32.2 Å². The summed E-state index contributed by atoms with van der Waals surface area (Å²) in [6.45, 7) is 5.43. The minimum Gasteiger partial charge on any atom is -0.354 e. The molecule has 1 aliphatic rings. The van der Waals surface area contributed by atoms with Crippen LogP contribution in [-0.2, 0) is 4.79 Å². The number of hydrogen-bond donors (Lipinski definition) is 2. The van der Waals surface area contributed by atoms with E-state index in [-0.39, 0.29) is 42.7 Å². The molecular weight excluding hydrogens is 369 g/mol. The molecule has 0 saturated carbocycles. The van der Waals surface area contributed by atoms with Crippen LogP contribution in [0.25, 0.3) is 0 Å². The molecule has 138 valence electrons. The molecule has 2 N–H and O–H groups in total. The predicted octanol–water partition coefficient (Wildman–Crippen LogP) is 3.29. The summed E-state index contributed by atoms with van der Waals surface area (Å²) in [5.41, 5.74) is 1.18. The molecule has 0 bridgehead atoms. The van der Waals surface area contributed by atoms with E-state index in [1.165, 1.54) is 18.4 Å². The van der Waals surface area contributed by atoms with Gasteiger partial charge in [-0.15, -0.1) is 24.8 Å². The van der Waals surface area contributed by atoms with Crippen LogP contribution in [0.5, 0.6) is 0 Å². The number of benzene rings is 1. The predicted molar refractivity (Wildman–Crippen MR) is 106 cm³/mol. The Hall–Kier alpha value is -0.520. The van der Waals surface area contributed by atoms with E-state index < -0.39 is 0 Å². The Morgan fingerprint density at radius 2 is 1.92 bits per heavy atom. The fourth-order valence-corrected chi connectivity index (χ4v) is 3.19. The van der Waals surface area contributed by atoms with Crippen LogP contribution in [0.4, 0.5) is 0 Å². The molecule has 1 aliphatic heterocycles. The Morgan fingerprint density at radius 1 is 1.25 bits per heavy atom. The zero-order chi connectivity index (χ0) is 15.9. The third-order valence-corrected chi connectivity index (χ3v) is 4.48. The maximum Gasteiger partial charge on any atom is 0.224 e. The maximum atomic E-state index is 12.2. The van der Waals surface area contributed by atoms with E-state index in [1.54, 1.807) is 0 Å². The molecule has 1 amide bonds. The number of amides is 1. The SMILES string of the molecule is CNCC(C)C(=O)NCC(c1cccc(Cl)c1)N1CCCC1.Cl.Cl. The van der Waals surface area contributed by atoms with Crippen LogP contribution < -0.4 is 10.6 Å². The van der Waals surface area contributed by atoms with Gasteiger partial charge < -0.3 is 10.6 Å². The number of carbonyl (C=O) groups is 1. The second-order valence-electron chi connectivity index (χ2n) is 6.02. The molecule has 4 nitrogen and oxygen atoms in total. The summed E-state index contributed by atoms with van der Waals surface area (Å²) in [7, 11) is 1.86. The van der Waals surface area contributed by atoms with Gasteiger partial charge in [-0.1, -0.05) is 30.7 Å². The zero-order valence-corrected chi connectivity index (χ0v) is 16.6. The number of likely N-dealkylation sites (tertiary alicyclic amines) is 1. The van der Waals surface area contributed by atoms with Gasteiger partial charge in [0.2, 0.25) is 5.91 Å². The molecule has 0 radical (unpaired) electrons. The van der Waals surface area contributed by atoms with Crippen LogP contribution in [0.15, 0.2) is 24.3 Å². The van der Waals surface area contributed by atoms with Crippen molar-refractivity contribution in [2.45, 2.75) is 25.8 Å². The van der Waals surface area contributed by atoms with Crippen molar-refractivity contribution in [1.29, 1.82) is 0 Å². The fourth-order valence-electron chi connectivity index (χ4n) is 3.00. The molecule has 7 heteroatoms. The number of nitrogens with zero attached hydrogens (tertiary/aromatic N) is 1. The number of halogens is 3. The van der Waals surface area contributed by atoms with Crippen LogP contribution in [0.3, 0.4) is 0 Å². The molecule has 1 aromatic rings. The third kappa shape index (κ3) is 6.77. The molecule has 0 aromatic heterocycles. The molecule has 0 aliphatic carbocycles. The Morgan fingerprint density at radius 3 is 2.50 bits per heavy atom. The van der Waals surface area contributed by atoms with Gasteiger partial charge in [-0.05, 0) is 50.7 Å². The van der Waals surface area contributed by atoms with Crippen LogP contribution >= 0.6 is 36.4 Å². The van der Waals surface area contributed by atoms with E-state index in [2.05, 4.69) is 21.6 Å². The molecule has 2 rings (SSSR count). The topological polar surface area (TPSA) is 44.4 Å². The summed E-state index contributed by atoms with van der Waals surface area (Å²) in [5.74, 6) is 0.0733. The van der Waals surface area contributed by atoms with Crippen LogP contribution in [-0.4, -0.2) is 44.0 Å². The standard InChI is InChI=1S/C17H26ClN3O.2ClH/c1-13(11-19-2)17(22)20-12-16(21-8-3-4-9-21)14-6-5-7-15(18)10-14;;/h5-7,10,13,16,19H,3-4,8-9,11-12H2,1-2H3,(H,20,22);2*1H. The maximum absolute atomic E-state index is 12.2. The average Bonchev–Trinajstić information content (AvgIpc) is 3.01. The molecular formula is C17H28Cl3N3O. The lowest BCUT2D eigenvalue weighted by atomic mass is 10.0. The molecule has 1 heterocycles. The Kier molecular flexibility index (Phi) is 11.7. The summed E-state index contributed by atoms with van der Waals surface area (Å²) < 4.78 is 0. The molecule has 2 unspecified atom stereocenters. The number of carbonyl (C=O) groups excluding carboxylic acids is 1. The van der Waals surface area contributed by atoms with Gasteiger partial charge in [0.1, 0.15) is 0 Å². The van der Waals surface area contributed by atoms with E-state index in [0.29, 0.717) is 13.1 Å². The molecule has 1 saturated heterocycles. The minimum atomic E-state index is -0.0245. The van der Waals surface area contributed by atoms with Gasteiger partial charge in [-0.3, -0.25) is 9.69 Å². The number of nitrogens with one attached hydrogen (secondary N) is 2. The van der Waals surface area contributed by atoms with Gasteiger partial charge in [0, 0.05) is 24.0 Å². The monoisotopic (exact) mass is 395 g/mol. The van der Waals surface area contributed by atoms with Crippen molar-refractivity contribution in [2.75, 3.05) is 33.2 Å². The highest BCUT2D eigenvalue weighted by atomic mass is 35.5. The summed E-state index contributed by atoms with van der Waals surface area (Å²) in [4.78, 5) is 14.6. The first-order chi connectivity index (χ1) is 10.6. The van der Waals surface area contributed by atoms with Gasteiger partial charge >= 0.3 is 0 Å². The number of hydrogen-bond acceptors (Lipinski definition) is 3. The molecule has 0 spiro atoms. The average molecular weight is 397 g/mol. The van der Waals surface area contributed by atoms with Crippen LogP contribution in [0.2, 0.25) is 5.02 Å². The van der Waals surface area contributed by atoms with Gasteiger partial charge in [0.25, 0.3) is 0 Å². The molecule has 1 fully saturated rings. The lowest BCUT2D eigenvalue weighted by molar-refractivity contribution is -0.124. The lowest BCUT2D eigenvalue weighted by Crippen LogP contribution is -2.40. The van der Waals surface area contributed by atoms with Crippen molar-refractivity contribution < 1.29 is 4.79 Å². The first-order valence-electron chi connectivity index (χ1n) is 8.03. The lowest BCUT2D eigenvalue weighted by Gasteiger charge is -2.29. The van der Waals surface area contributed by atoms with E-state index >= 15 is 0 Å². The van der Waals surface area contributed by atoms with Gasteiger partial charge in [0.05, 0.1) is 6.04 Å². The second kappa shape index (κ2) is 11.9. The fraction of sp³-hybridized carbons (Fsp3) is 0.588. The number of rotatable bonds is 7. The van der Waals surface area contributed by atoms with Crippen molar-refractivity contribution in [3.63, 3.8) is 0 Å². The summed E-state index contributed by atoms with van der Waals surface area (Å²) in [6, 6.07) is 8.17. The third-order valence-electron chi connectivity index (χ3n) is 4.24. The smallest absolute Gasteiger partial charge is 0.224 e. The Bertz CT molecular complexity index is 496. The van der Waals surface area contributed by atoms with Crippen LogP contribution in [0.1, 0.15) is 31.4 Å². The first kappa shape index (κ1) is 23.5. The summed E-state index contributed by atoms with van der Waals surface area (Å²) in [6.07, 6.45) is 2.45. The Labute approximate surface area is 162 Å². The van der Waals surface area contributed by atoms with Gasteiger partial charge in [-0.2, -0.15) is 0 Å². The molecule has 1 aromatic carbocycles. The van der Waals surface area contributed by atoms with Gasteiger partial charge in [0.15, 0.2) is 0 Å². The van der Waals surface area contributed by atoms with Crippen LogP contribution in [0, 0.1) is 5.92 Å². The van der Waals surface area contributed by atoms with E-state index in [0.717, 1.165) is 18.1 Å². The van der Waals surface area contributed by atoms with Crippen molar-refractivity contribution >= 4 is 42.3 Å². The van der Waals surface area contributed by atoms with E-state index in [4.69, 9.17) is 11.6 Å². The second-order valence-corrected chi connectivity index (χ2v) is 6.45. The van der Waals surface area contributed by atoms with E-state index in [9.17, 15) is 4.79 Å².